The Morgan fingerprint density at radius 1 is 1.63 bits per heavy atom. The molecule has 1 atom stereocenters. The van der Waals surface area contributed by atoms with E-state index in [4.69, 9.17) is 5.11 Å². The Bertz CT molecular complexity index is 674. The van der Waals surface area contributed by atoms with Crippen molar-refractivity contribution in [1.29, 1.82) is 0 Å². The minimum atomic E-state index is -0.846. The first-order chi connectivity index (χ1) is 9.15. The Hall–Kier alpha value is -1.73. The summed E-state index contributed by atoms with van der Waals surface area (Å²) in [6, 6.07) is 1.23. The van der Waals surface area contributed by atoms with Crippen LogP contribution in [0.3, 0.4) is 0 Å². The Kier molecular flexibility index (Phi) is 3.08. The summed E-state index contributed by atoms with van der Waals surface area (Å²) in [4.78, 5) is 29.8. The van der Waals surface area contributed by atoms with Gasteiger partial charge in [0.1, 0.15) is 16.6 Å². The van der Waals surface area contributed by atoms with Crippen molar-refractivity contribution in [3.8, 4) is 0 Å². The second-order valence-corrected chi connectivity index (χ2v) is 5.60. The Balaban J connectivity index is 1.77. The van der Waals surface area contributed by atoms with E-state index in [9.17, 15) is 9.59 Å². The van der Waals surface area contributed by atoms with Crippen LogP contribution in [0.15, 0.2) is 16.2 Å². The first kappa shape index (κ1) is 12.3. The van der Waals surface area contributed by atoms with Crippen molar-refractivity contribution in [2.45, 2.75) is 25.4 Å². The number of aromatic nitrogens is 2. The third-order valence-corrected chi connectivity index (χ3v) is 4.12. The van der Waals surface area contributed by atoms with Gasteiger partial charge in [0.15, 0.2) is 0 Å². The predicted molar refractivity (Wildman–Crippen MR) is 71.2 cm³/mol. The van der Waals surface area contributed by atoms with E-state index in [2.05, 4.69) is 15.3 Å². The smallest absolute Gasteiger partial charge is 0.320 e. The highest BCUT2D eigenvalue weighted by molar-refractivity contribution is 7.17. The molecule has 0 saturated heterocycles. The van der Waals surface area contributed by atoms with Gasteiger partial charge in [-0.05, 0) is 30.2 Å². The normalized spacial score (nSPS) is 16.6. The van der Waals surface area contributed by atoms with Crippen molar-refractivity contribution in [2.24, 2.45) is 5.92 Å². The van der Waals surface area contributed by atoms with E-state index in [0.29, 0.717) is 16.0 Å². The van der Waals surface area contributed by atoms with Gasteiger partial charge in [-0.25, -0.2) is 4.98 Å². The number of thiophene rings is 1. The second-order valence-electron chi connectivity index (χ2n) is 4.68. The number of hydrogen-bond donors (Lipinski definition) is 3. The number of nitrogens with one attached hydrogen (secondary N) is 2. The molecule has 0 bridgehead atoms. The molecule has 0 amide bonds. The van der Waals surface area contributed by atoms with E-state index in [1.165, 1.54) is 11.3 Å². The molecular formula is C12H13N3O3S. The summed E-state index contributed by atoms with van der Waals surface area (Å²) in [6.07, 6.45) is 1.88. The van der Waals surface area contributed by atoms with Crippen molar-refractivity contribution in [3.05, 3.63) is 27.6 Å². The predicted octanol–water partition coefficient (Wildman–Crippen LogP) is 0.937. The van der Waals surface area contributed by atoms with Gasteiger partial charge in [0.25, 0.3) is 5.56 Å². The number of fused-ring (bicyclic) bond motifs is 1. The lowest BCUT2D eigenvalue weighted by Crippen LogP contribution is -2.38. The molecule has 100 valence electrons. The highest BCUT2D eigenvalue weighted by Gasteiger charge is 2.35. The fraction of sp³-hybridized carbons (Fsp3) is 0.417. The van der Waals surface area contributed by atoms with Crippen molar-refractivity contribution >= 4 is 27.5 Å². The molecule has 19 heavy (non-hydrogen) atoms. The monoisotopic (exact) mass is 279 g/mol. The van der Waals surface area contributed by atoms with Crippen LogP contribution in [0.2, 0.25) is 0 Å². The zero-order valence-corrected chi connectivity index (χ0v) is 10.9. The largest absolute Gasteiger partial charge is 0.480 e. The Morgan fingerprint density at radius 2 is 2.42 bits per heavy atom. The summed E-state index contributed by atoms with van der Waals surface area (Å²) in [5, 5.41) is 13.9. The van der Waals surface area contributed by atoms with Crippen LogP contribution in [0.25, 0.3) is 10.2 Å². The van der Waals surface area contributed by atoms with E-state index in [1.807, 2.05) is 5.38 Å². The molecule has 3 N–H and O–H groups in total. The summed E-state index contributed by atoms with van der Waals surface area (Å²) >= 11 is 1.35. The lowest BCUT2D eigenvalue weighted by Gasteiger charge is -2.12. The molecule has 0 aromatic carbocycles. The number of hydrogen-bond acceptors (Lipinski definition) is 5. The van der Waals surface area contributed by atoms with Crippen molar-refractivity contribution in [2.75, 3.05) is 0 Å². The quantitative estimate of drug-likeness (QED) is 0.757. The molecule has 0 aliphatic heterocycles. The van der Waals surface area contributed by atoms with E-state index in [1.54, 1.807) is 6.07 Å². The van der Waals surface area contributed by atoms with Crippen LogP contribution in [-0.2, 0) is 11.3 Å². The molecule has 1 unspecified atom stereocenters. The fourth-order valence-corrected chi connectivity index (χ4v) is 2.82. The van der Waals surface area contributed by atoms with Crippen LogP contribution in [-0.4, -0.2) is 27.1 Å². The number of aromatic amines is 1. The maximum absolute atomic E-state index is 11.8. The maximum atomic E-state index is 11.8. The SMILES string of the molecule is O=C(O)C(NCc1nc2ccsc2c(=O)[nH]1)C1CC1. The molecule has 1 saturated carbocycles. The zero-order chi connectivity index (χ0) is 13.4. The minimum absolute atomic E-state index is 0.171. The molecule has 7 heteroatoms. The van der Waals surface area contributed by atoms with E-state index in [0.717, 1.165) is 12.8 Å². The van der Waals surface area contributed by atoms with Crippen LogP contribution in [0.1, 0.15) is 18.7 Å². The van der Waals surface area contributed by atoms with Crippen molar-refractivity contribution in [1.82, 2.24) is 15.3 Å². The van der Waals surface area contributed by atoms with Crippen LogP contribution in [0.5, 0.6) is 0 Å². The van der Waals surface area contributed by atoms with Gasteiger partial charge in [-0.3, -0.25) is 14.9 Å². The summed E-state index contributed by atoms with van der Waals surface area (Å²) in [7, 11) is 0. The standard InChI is InChI=1S/C12H13N3O3S/c16-11-10-7(3-4-19-10)14-8(15-11)5-13-9(12(17)18)6-1-2-6/h3-4,6,9,13H,1-2,5H2,(H,17,18)(H,14,15,16). The third-order valence-electron chi connectivity index (χ3n) is 3.21. The summed E-state index contributed by atoms with van der Waals surface area (Å²) < 4.78 is 0.598. The molecule has 2 heterocycles. The van der Waals surface area contributed by atoms with Crippen molar-refractivity contribution in [3.63, 3.8) is 0 Å². The number of nitrogens with zero attached hydrogens (tertiary/aromatic N) is 1. The number of rotatable bonds is 5. The van der Waals surface area contributed by atoms with Gasteiger partial charge in [-0.2, -0.15) is 0 Å². The Morgan fingerprint density at radius 3 is 3.11 bits per heavy atom. The molecule has 2 aromatic heterocycles. The van der Waals surface area contributed by atoms with Crippen LogP contribution < -0.4 is 10.9 Å². The summed E-state index contributed by atoms with van der Waals surface area (Å²) in [5.74, 6) is -0.168. The summed E-state index contributed by atoms with van der Waals surface area (Å²) in [6.45, 7) is 0.258. The fourth-order valence-electron chi connectivity index (χ4n) is 2.10. The molecule has 0 radical (unpaired) electrons. The highest BCUT2D eigenvalue weighted by Crippen LogP contribution is 2.32. The average Bonchev–Trinajstić information content (AvgIpc) is 3.06. The lowest BCUT2D eigenvalue weighted by atomic mass is 10.2. The van der Waals surface area contributed by atoms with E-state index >= 15 is 0 Å². The first-order valence-electron chi connectivity index (χ1n) is 6.08. The van der Waals surface area contributed by atoms with Gasteiger partial charge in [-0.1, -0.05) is 0 Å². The number of H-pyrrole nitrogens is 1. The highest BCUT2D eigenvalue weighted by atomic mass is 32.1. The van der Waals surface area contributed by atoms with Gasteiger partial charge < -0.3 is 10.1 Å². The van der Waals surface area contributed by atoms with Gasteiger partial charge in [0.05, 0.1) is 12.1 Å². The molecule has 0 spiro atoms. The minimum Gasteiger partial charge on any atom is -0.480 e. The number of carboxylic acid groups (broad SMARTS) is 1. The van der Waals surface area contributed by atoms with Crippen LogP contribution in [0, 0.1) is 5.92 Å². The number of carboxylic acids is 1. The molecule has 1 fully saturated rings. The molecule has 1 aliphatic carbocycles. The zero-order valence-electron chi connectivity index (χ0n) is 10.0. The molecule has 1 aliphatic rings. The van der Waals surface area contributed by atoms with Crippen molar-refractivity contribution < 1.29 is 9.90 Å². The van der Waals surface area contributed by atoms with Gasteiger partial charge in [0.2, 0.25) is 0 Å². The second kappa shape index (κ2) is 4.75. The first-order valence-corrected chi connectivity index (χ1v) is 6.95. The topological polar surface area (TPSA) is 95.1 Å². The number of aliphatic carboxylic acids is 1. The third kappa shape index (κ3) is 2.52. The van der Waals surface area contributed by atoms with E-state index < -0.39 is 12.0 Å². The number of carbonyl (C=O) groups is 1. The van der Waals surface area contributed by atoms with Gasteiger partial charge in [0, 0.05) is 0 Å². The summed E-state index contributed by atoms with van der Waals surface area (Å²) in [5.41, 5.74) is 0.485. The van der Waals surface area contributed by atoms with Crippen LogP contribution in [0.4, 0.5) is 0 Å². The van der Waals surface area contributed by atoms with Gasteiger partial charge >= 0.3 is 5.97 Å². The van der Waals surface area contributed by atoms with Gasteiger partial charge in [-0.15, -0.1) is 11.3 Å². The Labute approximate surface area is 112 Å². The molecule has 6 nitrogen and oxygen atoms in total. The maximum Gasteiger partial charge on any atom is 0.320 e. The molecule has 2 aromatic rings. The average molecular weight is 279 g/mol. The molecule has 3 rings (SSSR count). The lowest BCUT2D eigenvalue weighted by molar-refractivity contribution is -0.140. The molecular weight excluding hydrogens is 266 g/mol. The van der Waals surface area contributed by atoms with Crippen LogP contribution >= 0.6 is 11.3 Å². The van der Waals surface area contributed by atoms with E-state index in [-0.39, 0.29) is 18.0 Å².